The van der Waals surface area contributed by atoms with E-state index in [1.54, 1.807) is 44.7 Å². The van der Waals surface area contributed by atoms with E-state index in [4.69, 9.17) is 10.5 Å². The van der Waals surface area contributed by atoms with Crippen LogP contribution in [0.2, 0.25) is 0 Å². The first kappa shape index (κ1) is 68.7. The number of nitrogens with two attached hydrogens (primary N) is 1. The van der Waals surface area contributed by atoms with Crippen LogP contribution in [0.25, 0.3) is 10.9 Å². The smallest absolute Gasteiger partial charge is 0.246 e. The topological polar surface area (TPSA) is 404 Å². The number of hydrogen-bond acceptors (Lipinski definition) is 18. The van der Waals surface area contributed by atoms with E-state index in [0.717, 1.165) is 4.90 Å². The summed E-state index contributed by atoms with van der Waals surface area (Å²) in [6.45, 7) is 5.18. The Morgan fingerprint density at radius 1 is 0.875 bits per heavy atom. The summed E-state index contributed by atoms with van der Waals surface area (Å²) in [5.74, 6) is -13.2. The van der Waals surface area contributed by atoms with Crippen molar-refractivity contribution in [3.8, 4) is 5.75 Å². The number of thioether (sulfide) groups is 1. The number of nitrogens with one attached hydrogen (secondary N) is 6. The molecule has 0 saturated carbocycles. The highest BCUT2D eigenvalue weighted by molar-refractivity contribution is 7.99. The maximum atomic E-state index is 15.4. The van der Waals surface area contributed by atoms with Crippen LogP contribution >= 0.6 is 11.8 Å². The molecule has 2 aromatic rings. The Balaban J connectivity index is 1.27. The maximum absolute atomic E-state index is 15.4. The summed E-state index contributed by atoms with van der Waals surface area (Å²) in [5.41, 5.74) is 6.77. The molecule has 10 amide bonds. The summed E-state index contributed by atoms with van der Waals surface area (Å²) in [4.78, 5) is 173. The lowest BCUT2D eigenvalue weighted by Gasteiger charge is -2.32. The molecule has 0 aliphatic carbocycles. The van der Waals surface area contributed by atoms with Gasteiger partial charge in [0.15, 0.2) is 11.6 Å². The third kappa shape index (κ3) is 16.9. The van der Waals surface area contributed by atoms with E-state index in [-0.39, 0.29) is 58.1 Å². The number of imide groups is 1. The first-order valence-electron chi connectivity index (χ1n) is 30.2. The SMILES string of the molecule is CC[C@H](C)[C@@H]1CC(=O)CNC(=O)[C@H]2CC(=O)[C@H]([C@@H](C)[C@@H](O)CO)NC(=O)[C@@H]3C[C@@H](O)CN3C(=O)[C@H](CC(N)=O)NC(=O)[C@H](CS(=O)c3[nH]c4c(CSC5CCN(C(=O)CCCCCN6C(=O)CC(C)C6=O)CC5)c(OC)ccc4c3C2)NC(=O)CNC1=O. The van der Waals surface area contributed by atoms with Crippen LogP contribution in [-0.4, -0.2) is 210 Å². The van der Waals surface area contributed by atoms with E-state index in [1.807, 2.05) is 4.90 Å². The minimum atomic E-state index is -2.41. The molecule has 5 aliphatic rings. The van der Waals surface area contributed by atoms with Crippen LogP contribution in [0.1, 0.15) is 116 Å². The molecule has 484 valence electrons. The van der Waals surface area contributed by atoms with Crippen molar-refractivity contribution in [2.75, 3.05) is 58.7 Å². The molecule has 1 aromatic heterocycles. The second-order valence-electron chi connectivity index (χ2n) is 23.9. The number of likely N-dealkylation sites (tertiary alicyclic amines) is 2. The summed E-state index contributed by atoms with van der Waals surface area (Å²) in [5, 5.41) is 45.1. The predicted molar refractivity (Wildman–Crippen MR) is 319 cm³/mol. The summed E-state index contributed by atoms with van der Waals surface area (Å²) in [6, 6.07) is -3.63. The number of ketones is 2. The Labute approximate surface area is 516 Å². The number of primary amides is 1. The van der Waals surface area contributed by atoms with Crippen molar-refractivity contribution in [1.29, 1.82) is 0 Å². The molecule has 7 rings (SSSR count). The number of piperidine rings is 1. The Kier molecular flexibility index (Phi) is 24.3. The number of methoxy groups -OCH3 is 1. The first-order valence-corrected chi connectivity index (χ1v) is 32.6. The number of carbonyl (C=O) groups is 12. The number of ether oxygens (including phenoxy) is 1. The van der Waals surface area contributed by atoms with Crippen molar-refractivity contribution >= 4 is 104 Å². The number of H-pyrrole nitrogens is 1. The average Bonchev–Trinajstić information content (AvgIpc) is 1.71. The molecule has 6 heterocycles. The molecule has 1 aromatic carbocycles. The van der Waals surface area contributed by atoms with Crippen LogP contribution in [-0.2, 0) is 80.5 Å². The van der Waals surface area contributed by atoms with Crippen LogP contribution in [0.5, 0.6) is 5.75 Å². The monoisotopic (exact) mass is 1270 g/mol. The van der Waals surface area contributed by atoms with Crippen molar-refractivity contribution < 1.29 is 81.8 Å². The van der Waals surface area contributed by atoms with E-state index >= 15 is 9.00 Å². The minimum absolute atomic E-state index is 0.00727. The number of carbonyl (C=O) groups excluding carboxylic acids is 12. The van der Waals surface area contributed by atoms with E-state index in [9.17, 15) is 68.1 Å². The summed E-state index contributed by atoms with van der Waals surface area (Å²) < 4.78 is 21.3. The Morgan fingerprint density at radius 2 is 1.59 bits per heavy atom. The van der Waals surface area contributed by atoms with Crippen LogP contribution in [0.4, 0.5) is 0 Å². The van der Waals surface area contributed by atoms with Gasteiger partial charge in [0.05, 0.1) is 73.5 Å². The third-order valence-electron chi connectivity index (χ3n) is 17.6. The molecule has 2 bridgehead atoms. The quantitative estimate of drug-likeness (QED) is 0.0653. The van der Waals surface area contributed by atoms with Gasteiger partial charge in [-0.1, -0.05) is 40.5 Å². The molecule has 3 fully saturated rings. The maximum Gasteiger partial charge on any atom is 0.246 e. The van der Waals surface area contributed by atoms with Crippen molar-refractivity contribution in [1.82, 2.24) is 46.3 Å². The average molecular weight is 1270 g/mol. The van der Waals surface area contributed by atoms with E-state index in [1.165, 1.54) is 18.9 Å². The summed E-state index contributed by atoms with van der Waals surface area (Å²) >= 11 is 1.59. The number of hydrogen-bond donors (Lipinski definition) is 10. The summed E-state index contributed by atoms with van der Waals surface area (Å²) in [6.07, 6.45) is -1.65. The Hall–Kier alpha value is -6.82. The third-order valence-corrected chi connectivity index (χ3v) is 20.5. The number of unbranched alkanes of at least 4 members (excludes halogenated alkanes) is 2. The highest BCUT2D eigenvalue weighted by atomic mass is 32.2. The van der Waals surface area contributed by atoms with Gasteiger partial charge >= 0.3 is 0 Å². The van der Waals surface area contributed by atoms with Gasteiger partial charge < -0.3 is 67.2 Å². The van der Waals surface area contributed by atoms with Crippen molar-refractivity contribution in [3.63, 3.8) is 0 Å². The molecule has 27 nitrogen and oxygen atoms in total. The van der Waals surface area contributed by atoms with Crippen molar-refractivity contribution in [3.05, 3.63) is 23.3 Å². The number of rotatable bonds is 17. The van der Waals surface area contributed by atoms with Gasteiger partial charge in [-0.3, -0.25) is 66.6 Å². The minimum Gasteiger partial charge on any atom is -0.496 e. The van der Waals surface area contributed by atoms with Gasteiger partial charge in [-0.15, -0.1) is 0 Å². The zero-order chi connectivity index (χ0) is 64.3. The van der Waals surface area contributed by atoms with Gasteiger partial charge in [-0.25, -0.2) is 0 Å². The molecule has 2 unspecified atom stereocenters. The highest BCUT2D eigenvalue weighted by Gasteiger charge is 2.45. The van der Waals surface area contributed by atoms with Crippen molar-refractivity contribution in [2.45, 2.75) is 164 Å². The number of benzene rings is 1. The fourth-order valence-electron chi connectivity index (χ4n) is 12.1. The van der Waals surface area contributed by atoms with Gasteiger partial charge in [-0.2, -0.15) is 11.8 Å². The number of fused-ring (bicyclic) bond motifs is 5. The molecule has 0 radical (unpaired) electrons. The van der Waals surface area contributed by atoms with E-state index in [0.29, 0.717) is 86.8 Å². The number of Topliss-reactive ketones (excluding diaryl/α,β-unsaturated/α-hetero) is 2. The molecule has 29 heteroatoms. The van der Waals surface area contributed by atoms with Gasteiger partial charge in [0.25, 0.3) is 0 Å². The fourth-order valence-corrected chi connectivity index (χ4v) is 14.8. The normalized spacial score (nSPS) is 27.2. The van der Waals surface area contributed by atoms with Crippen LogP contribution < -0.4 is 37.1 Å². The standard InChI is InChI=1S/C59H84N10O17S2/c1-6-30(2)38-21-34(71)24-61-53(79)33-19-39-37-11-12-46(86-5)40(28-87-36-13-16-67(17-14-36)49(77)10-8-7-9-15-68-50(78)18-31(3)58(68)83)52(37)66-57(39)88(85)29-42(63-48(76)25-62-54(38)80)55(81)64-41(23-47(60)75)59(84)69-26-35(72)22-43(69)56(82)65-51(44(73)20-33)32(4)45(74)27-70/h11-12,30-33,35-36,38,41-43,45,51,66,70,72,74H,6-10,13-29H2,1-5H3,(H2,60,75)(H,61,79)(H,62,80)(H,63,76)(H,64,81)(H,65,82)/t30-,31?,32-,33+,35+,38-,41-,42-,43-,45-,51-,88?/m0/s1. The van der Waals surface area contributed by atoms with Crippen LogP contribution in [0.15, 0.2) is 17.2 Å². The van der Waals surface area contributed by atoms with Gasteiger partial charge in [0.2, 0.25) is 59.1 Å². The summed E-state index contributed by atoms with van der Waals surface area (Å²) in [7, 11) is -0.953. The van der Waals surface area contributed by atoms with Gasteiger partial charge in [0.1, 0.15) is 28.9 Å². The molecule has 88 heavy (non-hydrogen) atoms. The highest BCUT2D eigenvalue weighted by Crippen LogP contribution is 2.39. The molecule has 3 saturated heterocycles. The van der Waals surface area contributed by atoms with Crippen molar-refractivity contribution in [2.24, 2.45) is 35.3 Å². The second-order valence-corrected chi connectivity index (χ2v) is 26.6. The Bertz CT molecular complexity index is 3020. The number of amides is 10. The number of nitrogens with zero attached hydrogens (tertiary/aromatic N) is 3. The number of aliphatic hydroxyl groups is 3. The van der Waals surface area contributed by atoms with E-state index in [2.05, 4.69) is 31.6 Å². The molecule has 0 spiro atoms. The largest absolute Gasteiger partial charge is 0.496 e. The zero-order valence-electron chi connectivity index (χ0n) is 50.4. The number of aromatic amines is 1. The van der Waals surface area contributed by atoms with Crippen LogP contribution in [0, 0.1) is 29.6 Å². The molecular weight excluding hydrogens is 1180 g/mol. The lowest BCUT2D eigenvalue weighted by molar-refractivity contribution is -0.144. The lowest BCUT2D eigenvalue weighted by atomic mass is 9.85. The lowest BCUT2D eigenvalue weighted by Crippen LogP contribution is -2.60. The zero-order valence-corrected chi connectivity index (χ0v) is 52.1. The van der Waals surface area contributed by atoms with Crippen LogP contribution in [0.3, 0.4) is 0 Å². The first-order chi connectivity index (χ1) is 41.8. The Morgan fingerprint density at radius 3 is 2.25 bits per heavy atom. The number of aromatic nitrogens is 1. The molecule has 11 N–H and O–H groups in total. The molecule has 12 atom stereocenters. The number of aliphatic hydroxyl groups excluding tert-OH is 3. The second kappa shape index (κ2) is 31.1. The molecular formula is C59H84N10O17S2. The van der Waals surface area contributed by atoms with Gasteiger partial charge in [-0.05, 0) is 55.7 Å². The van der Waals surface area contributed by atoms with E-state index < -0.39 is 181 Å². The van der Waals surface area contributed by atoms with Gasteiger partial charge in [0, 0.05) is 104 Å². The molecule has 5 aliphatic heterocycles. The fraction of sp³-hybridized carbons (Fsp3) is 0.661. The predicted octanol–water partition coefficient (Wildman–Crippen LogP) is -1.26.